The smallest absolute Gasteiger partial charge is 0.00748 e. The first kappa shape index (κ1) is 18.3. The molecule has 0 rings (SSSR count). The number of unbranched alkanes of at least 4 members (excludes halogenated alkanes) is 7. The molecule has 1 atom stereocenters. The first-order chi connectivity index (χ1) is 8.85. The first-order valence-electron chi connectivity index (χ1n) is 8.07. The van der Waals surface area contributed by atoms with Crippen LogP contribution in [0.25, 0.3) is 0 Å². The van der Waals surface area contributed by atoms with Crippen LogP contribution in [0.3, 0.4) is 0 Å². The molecule has 110 valence electrons. The van der Waals surface area contributed by atoms with E-state index in [1.54, 1.807) is 0 Å². The van der Waals surface area contributed by atoms with Gasteiger partial charge >= 0.3 is 0 Å². The number of nitrogens with one attached hydrogen (secondary N) is 1. The Morgan fingerprint density at radius 2 is 1.44 bits per heavy atom. The minimum absolute atomic E-state index is 0.766. The van der Waals surface area contributed by atoms with Gasteiger partial charge in [0.05, 0.1) is 0 Å². The van der Waals surface area contributed by atoms with Gasteiger partial charge in [-0.1, -0.05) is 65.2 Å². The van der Waals surface area contributed by atoms with Crippen molar-refractivity contribution in [1.82, 2.24) is 5.32 Å². The van der Waals surface area contributed by atoms with Gasteiger partial charge in [-0.25, -0.2) is 0 Å². The highest BCUT2D eigenvalue weighted by Gasteiger charge is 2.05. The van der Waals surface area contributed by atoms with Gasteiger partial charge in [-0.05, 0) is 31.4 Å². The molecule has 0 bridgehead atoms. The van der Waals surface area contributed by atoms with Crippen molar-refractivity contribution in [3.05, 3.63) is 0 Å². The second-order valence-corrected chi connectivity index (χ2v) is 6.29. The topological polar surface area (TPSA) is 12.0 Å². The first-order valence-corrected chi connectivity index (χ1v) is 9.46. The van der Waals surface area contributed by atoms with Gasteiger partial charge in [0.2, 0.25) is 0 Å². The standard InChI is InChI=1S/C16H35NS/c1-4-6-7-8-9-10-11-12-13-16(17-5-2)14-15-18-3/h16-17H,4-15H2,1-3H3. The van der Waals surface area contributed by atoms with Crippen molar-refractivity contribution in [3.63, 3.8) is 0 Å². The van der Waals surface area contributed by atoms with Crippen LogP contribution in [0.5, 0.6) is 0 Å². The van der Waals surface area contributed by atoms with E-state index in [4.69, 9.17) is 0 Å². The van der Waals surface area contributed by atoms with E-state index in [1.165, 1.54) is 70.0 Å². The van der Waals surface area contributed by atoms with Gasteiger partial charge in [0, 0.05) is 6.04 Å². The van der Waals surface area contributed by atoms with Crippen LogP contribution in [0.2, 0.25) is 0 Å². The van der Waals surface area contributed by atoms with Crippen LogP contribution in [0.4, 0.5) is 0 Å². The highest BCUT2D eigenvalue weighted by molar-refractivity contribution is 7.98. The second kappa shape index (κ2) is 15.4. The zero-order valence-electron chi connectivity index (χ0n) is 13.0. The molecule has 0 aromatic carbocycles. The Balaban J connectivity index is 3.31. The fourth-order valence-electron chi connectivity index (χ4n) is 2.42. The van der Waals surface area contributed by atoms with E-state index in [2.05, 4.69) is 25.4 Å². The quantitative estimate of drug-likeness (QED) is 0.434. The lowest BCUT2D eigenvalue weighted by atomic mass is 10.0. The Bertz CT molecular complexity index is 150. The van der Waals surface area contributed by atoms with Crippen LogP contribution < -0.4 is 5.32 Å². The van der Waals surface area contributed by atoms with Crippen molar-refractivity contribution in [1.29, 1.82) is 0 Å². The molecule has 0 aromatic rings. The summed E-state index contributed by atoms with van der Waals surface area (Å²) < 4.78 is 0. The lowest BCUT2D eigenvalue weighted by Gasteiger charge is -2.17. The number of hydrogen-bond acceptors (Lipinski definition) is 2. The van der Waals surface area contributed by atoms with E-state index in [1.807, 2.05) is 11.8 Å². The molecule has 0 saturated carbocycles. The minimum Gasteiger partial charge on any atom is -0.314 e. The average molecular weight is 274 g/mol. The molecule has 0 spiro atoms. The van der Waals surface area contributed by atoms with Crippen LogP contribution in [-0.2, 0) is 0 Å². The molecule has 2 heteroatoms. The summed E-state index contributed by atoms with van der Waals surface area (Å²) in [5.41, 5.74) is 0. The number of rotatable bonds is 14. The zero-order chi connectivity index (χ0) is 13.5. The van der Waals surface area contributed by atoms with E-state index in [0.29, 0.717) is 0 Å². The molecule has 0 amide bonds. The van der Waals surface area contributed by atoms with E-state index >= 15 is 0 Å². The molecule has 0 aliphatic heterocycles. The second-order valence-electron chi connectivity index (χ2n) is 5.30. The maximum atomic E-state index is 3.62. The predicted molar refractivity (Wildman–Crippen MR) is 87.7 cm³/mol. The van der Waals surface area contributed by atoms with Crippen molar-refractivity contribution in [3.8, 4) is 0 Å². The maximum absolute atomic E-state index is 3.62. The monoisotopic (exact) mass is 273 g/mol. The summed E-state index contributed by atoms with van der Waals surface area (Å²) in [6.45, 7) is 5.63. The Hall–Kier alpha value is 0.310. The molecule has 1 nitrogen and oxygen atoms in total. The lowest BCUT2D eigenvalue weighted by molar-refractivity contribution is 0.453. The van der Waals surface area contributed by atoms with Crippen molar-refractivity contribution < 1.29 is 0 Å². The van der Waals surface area contributed by atoms with Gasteiger partial charge in [0.15, 0.2) is 0 Å². The van der Waals surface area contributed by atoms with E-state index in [0.717, 1.165) is 12.6 Å². The molecule has 0 saturated heterocycles. The van der Waals surface area contributed by atoms with E-state index < -0.39 is 0 Å². The van der Waals surface area contributed by atoms with Gasteiger partial charge in [-0.15, -0.1) is 0 Å². The van der Waals surface area contributed by atoms with Gasteiger partial charge < -0.3 is 5.32 Å². The van der Waals surface area contributed by atoms with Crippen LogP contribution >= 0.6 is 11.8 Å². The molecule has 0 aliphatic rings. The van der Waals surface area contributed by atoms with Crippen LogP contribution in [-0.4, -0.2) is 24.6 Å². The van der Waals surface area contributed by atoms with Crippen LogP contribution in [0.15, 0.2) is 0 Å². The SMILES string of the molecule is CCCCCCCCCCC(CCSC)NCC. The molecule has 0 aromatic heterocycles. The summed E-state index contributed by atoms with van der Waals surface area (Å²) in [4.78, 5) is 0. The van der Waals surface area contributed by atoms with Gasteiger partial charge in [0.25, 0.3) is 0 Å². The summed E-state index contributed by atoms with van der Waals surface area (Å²) in [7, 11) is 0. The third kappa shape index (κ3) is 12.8. The number of thioether (sulfide) groups is 1. The fourth-order valence-corrected chi connectivity index (χ4v) is 2.94. The fraction of sp³-hybridized carbons (Fsp3) is 1.00. The van der Waals surface area contributed by atoms with Crippen molar-refractivity contribution in [2.75, 3.05) is 18.6 Å². The van der Waals surface area contributed by atoms with Gasteiger partial charge in [0.1, 0.15) is 0 Å². The van der Waals surface area contributed by atoms with Crippen LogP contribution in [0.1, 0.15) is 78.1 Å². The molecular weight excluding hydrogens is 238 g/mol. The normalized spacial score (nSPS) is 12.8. The summed E-state index contributed by atoms with van der Waals surface area (Å²) >= 11 is 1.97. The Labute approximate surface area is 120 Å². The summed E-state index contributed by atoms with van der Waals surface area (Å²) in [5, 5.41) is 3.62. The molecule has 1 N–H and O–H groups in total. The summed E-state index contributed by atoms with van der Waals surface area (Å²) in [5.74, 6) is 1.30. The Morgan fingerprint density at radius 3 is 2.00 bits per heavy atom. The van der Waals surface area contributed by atoms with Crippen molar-refractivity contribution in [2.24, 2.45) is 0 Å². The largest absolute Gasteiger partial charge is 0.314 e. The van der Waals surface area contributed by atoms with Crippen LogP contribution in [0, 0.1) is 0 Å². The Morgan fingerprint density at radius 1 is 0.833 bits per heavy atom. The third-order valence-electron chi connectivity index (χ3n) is 3.57. The average Bonchev–Trinajstić information content (AvgIpc) is 2.39. The van der Waals surface area contributed by atoms with E-state index in [-0.39, 0.29) is 0 Å². The summed E-state index contributed by atoms with van der Waals surface area (Å²) in [6, 6.07) is 0.766. The zero-order valence-corrected chi connectivity index (χ0v) is 13.8. The van der Waals surface area contributed by atoms with E-state index in [9.17, 15) is 0 Å². The third-order valence-corrected chi connectivity index (χ3v) is 4.21. The molecule has 18 heavy (non-hydrogen) atoms. The maximum Gasteiger partial charge on any atom is 0.00748 e. The predicted octanol–water partition coefficient (Wildman–Crippen LogP) is 5.25. The van der Waals surface area contributed by atoms with Gasteiger partial charge in [-0.2, -0.15) is 11.8 Å². The molecule has 0 radical (unpaired) electrons. The summed E-state index contributed by atoms with van der Waals surface area (Å²) in [6.07, 6.45) is 16.4. The van der Waals surface area contributed by atoms with Crippen molar-refractivity contribution >= 4 is 11.8 Å². The molecular formula is C16H35NS. The molecule has 0 fully saturated rings. The Kier molecular flexibility index (Phi) is 15.6. The highest BCUT2D eigenvalue weighted by atomic mass is 32.2. The number of hydrogen-bond donors (Lipinski definition) is 1. The molecule has 1 unspecified atom stereocenters. The lowest BCUT2D eigenvalue weighted by Crippen LogP contribution is -2.29. The highest BCUT2D eigenvalue weighted by Crippen LogP contribution is 2.12. The molecule has 0 aliphatic carbocycles. The minimum atomic E-state index is 0.766. The van der Waals surface area contributed by atoms with Gasteiger partial charge in [-0.3, -0.25) is 0 Å². The molecule has 0 heterocycles. The van der Waals surface area contributed by atoms with Crippen molar-refractivity contribution in [2.45, 2.75) is 84.1 Å².